The number of carbonyl (C=O) groups is 1. The highest BCUT2D eigenvalue weighted by atomic mass is 16.1. The summed E-state index contributed by atoms with van der Waals surface area (Å²) in [5.74, 6) is -0.221. The van der Waals surface area contributed by atoms with Gasteiger partial charge in [-0.05, 0) is 116 Å². The van der Waals surface area contributed by atoms with Crippen molar-refractivity contribution in [2.45, 2.75) is 39.0 Å². The van der Waals surface area contributed by atoms with Crippen molar-refractivity contribution in [1.82, 2.24) is 0 Å². The first-order valence-electron chi connectivity index (χ1n) is 13.6. The van der Waals surface area contributed by atoms with Gasteiger partial charge in [0.25, 0.3) is 0 Å². The van der Waals surface area contributed by atoms with Gasteiger partial charge in [0.15, 0.2) is 5.78 Å². The smallest absolute Gasteiger partial charge is 0.156 e. The van der Waals surface area contributed by atoms with E-state index in [-0.39, 0.29) is 11.8 Å². The Kier molecular flexibility index (Phi) is 4.39. The molecule has 0 saturated carbocycles. The zero-order chi connectivity index (χ0) is 25.7. The second-order valence-corrected chi connectivity index (χ2v) is 11.4. The molecule has 0 radical (unpaired) electrons. The van der Waals surface area contributed by atoms with Crippen molar-refractivity contribution in [2.75, 3.05) is 0 Å². The lowest BCUT2D eigenvalue weighted by atomic mass is 9.63. The summed E-state index contributed by atoms with van der Waals surface area (Å²) in [5, 5.41) is 7.51. The number of carbonyl (C=O) groups excluding carboxylic acids is 1. The third-order valence-electron chi connectivity index (χ3n) is 9.12. The molecule has 1 heteroatoms. The van der Waals surface area contributed by atoms with E-state index in [0.29, 0.717) is 5.78 Å². The fourth-order valence-corrected chi connectivity index (χ4v) is 7.62. The fraction of sp³-hybridized carbons (Fsp3) is 0.162. The van der Waals surface area contributed by atoms with Gasteiger partial charge in [0.2, 0.25) is 0 Å². The van der Waals surface area contributed by atoms with Crippen molar-refractivity contribution in [3.8, 4) is 0 Å². The number of aryl methyl sites for hydroxylation is 3. The highest BCUT2D eigenvalue weighted by Gasteiger charge is 2.43. The molecule has 2 unspecified atom stereocenters. The maximum absolute atomic E-state index is 14.9. The molecular weight excluding hydrogens is 460 g/mol. The van der Waals surface area contributed by atoms with E-state index < -0.39 is 0 Å². The van der Waals surface area contributed by atoms with Crippen molar-refractivity contribution < 1.29 is 4.79 Å². The Labute approximate surface area is 222 Å². The summed E-state index contributed by atoms with van der Waals surface area (Å²) >= 11 is 0. The van der Waals surface area contributed by atoms with Gasteiger partial charge in [0, 0.05) is 0 Å². The maximum Gasteiger partial charge on any atom is 0.156 e. The Morgan fingerprint density at radius 2 is 1.21 bits per heavy atom. The van der Waals surface area contributed by atoms with E-state index in [1.54, 1.807) is 0 Å². The average Bonchev–Trinajstić information content (AvgIpc) is 2.91. The number of rotatable bonds is 1. The van der Waals surface area contributed by atoms with E-state index in [1.165, 1.54) is 76.8 Å². The Balaban J connectivity index is 1.50. The Bertz CT molecular complexity index is 1990. The van der Waals surface area contributed by atoms with Crippen LogP contribution in [-0.4, -0.2) is 5.78 Å². The van der Waals surface area contributed by atoms with Gasteiger partial charge in [-0.1, -0.05) is 84.9 Å². The highest BCUT2D eigenvalue weighted by Crippen LogP contribution is 2.53. The minimum atomic E-state index is -0.285. The van der Waals surface area contributed by atoms with Gasteiger partial charge < -0.3 is 0 Å². The van der Waals surface area contributed by atoms with Crippen LogP contribution >= 0.6 is 0 Å². The summed E-state index contributed by atoms with van der Waals surface area (Å²) in [4.78, 5) is 14.9. The predicted octanol–water partition coefficient (Wildman–Crippen LogP) is 8.82. The van der Waals surface area contributed by atoms with Gasteiger partial charge >= 0.3 is 0 Å². The standard InChI is InChI=1S/C37H28O/c1-20-14-21(2)32-34(27-13-12-23-8-4-5-9-24(23)16-27)37(38)35-30-19-26-11-7-6-10-25(26)17-28(30)18-29-15-22(3)31(20)36(32)33(29)35/h4-17,19,34-35H,18H2,1-3H3. The molecular formula is C37H28O. The van der Waals surface area contributed by atoms with Crippen LogP contribution in [0.1, 0.15) is 61.9 Å². The third-order valence-corrected chi connectivity index (χ3v) is 9.12. The molecule has 6 aromatic rings. The van der Waals surface area contributed by atoms with Crippen LogP contribution in [0.2, 0.25) is 0 Å². The van der Waals surface area contributed by atoms with E-state index in [9.17, 15) is 4.79 Å². The number of benzene rings is 6. The van der Waals surface area contributed by atoms with E-state index >= 15 is 0 Å². The van der Waals surface area contributed by atoms with E-state index in [2.05, 4.69) is 112 Å². The van der Waals surface area contributed by atoms with Crippen LogP contribution in [0, 0.1) is 20.8 Å². The summed E-state index contributed by atoms with van der Waals surface area (Å²) in [6.45, 7) is 6.67. The molecule has 0 bridgehead atoms. The van der Waals surface area contributed by atoms with Crippen LogP contribution in [0.5, 0.6) is 0 Å². The van der Waals surface area contributed by atoms with Gasteiger partial charge in [-0.2, -0.15) is 0 Å². The molecule has 182 valence electrons. The maximum atomic E-state index is 14.9. The van der Waals surface area contributed by atoms with Crippen molar-refractivity contribution in [1.29, 1.82) is 0 Å². The SMILES string of the molecule is Cc1cc(C)c2c(C)cc3c4c2c1C(c1ccc2ccccc2c1)C(=O)C4c1cc2ccccc2cc1C3. The summed E-state index contributed by atoms with van der Waals surface area (Å²) < 4.78 is 0. The van der Waals surface area contributed by atoms with E-state index in [1.807, 2.05) is 0 Å². The predicted molar refractivity (Wildman–Crippen MR) is 158 cm³/mol. The quantitative estimate of drug-likeness (QED) is 0.226. The van der Waals surface area contributed by atoms with Crippen molar-refractivity contribution in [3.63, 3.8) is 0 Å². The zero-order valence-corrected chi connectivity index (χ0v) is 21.9. The lowest BCUT2D eigenvalue weighted by molar-refractivity contribution is -0.120. The fourth-order valence-electron chi connectivity index (χ4n) is 7.62. The normalized spacial score (nSPS) is 17.8. The first-order chi connectivity index (χ1) is 18.5. The average molecular weight is 489 g/mol. The molecule has 0 heterocycles. The second-order valence-electron chi connectivity index (χ2n) is 11.4. The molecule has 0 N–H and O–H groups in total. The van der Waals surface area contributed by atoms with Crippen molar-refractivity contribution >= 4 is 38.1 Å². The number of Topliss-reactive ketones (excluding diaryl/α,β-unsaturated/α-hetero) is 1. The monoisotopic (exact) mass is 488 g/mol. The van der Waals surface area contributed by atoms with Crippen LogP contribution in [0.25, 0.3) is 32.3 Å². The summed E-state index contributed by atoms with van der Waals surface area (Å²) in [7, 11) is 0. The van der Waals surface area contributed by atoms with Crippen LogP contribution in [0.3, 0.4) is 0 Å². The van der Waals surface area contributed by atoms with Gasteiger partial charge in [-0.3, -0.25) is 4.79 Å². The molecule has 2 aliphatic rings. The van der Waals surface area contributed by atoms with E-state index in [4.69, 9.17) is 0 Å². The molecule has 2 atom stereocenters. The van der Waals surface area contributed by atoms with Crippen LogP contribution in [-0.2, 0) is 11.2 Å². The summed E-state index contributed by atoms with van der Waals surface area (Å²) in [6, 6.07) is 32.9. The molecule has 8 rings (SSSR count). The van der Waals surface area contributed by atoms with E-state index in [0.717, 1.165) is 12.0 Å². The molecule has 1 nitrogen and oxygen atoms in total. The van der Waals surface area contributed by atoms with Gasteiger partial charge in [0.1, 0.15) is 0 Å². The molecule has 38 heavy (non-hydrogen) atoms. The minimum Gasteiger partial charge on any atom is -0.298 e. The molecule has 0 amide bonds. The van der Waals surface area contributed by atoms with Crippen molar-refractivity contribution in [3.05, 3.63) is 141 Å². The molecule has 0 fully saturated rings. The third kappa shape index (κ3) is 2.85. The Morgan fingerprint density at radius 1 is 0.553 bits per heavy atom. The molecule has 0 saturated heterocycles. The highest BCUT2D eigenvalue weighted by molar-refractivity contribution is 6.11. The van der Waals surface area contributed by atoms with Crippen LogP contribution < -0.4 is 0 Å². The topological polar surface area (TPSA) is 17.1 Å². The Hall–Kier alpha value is -4.23. The summed E-state index contributed by atoms with van der Waals surface area (Å²) in [6.07, 6.45) is 0.878. The molecule has 6 aromatic carbocycles. The second kappa shape index (κ2) is 7.65. The van der Waals surface area contributed by atoms with Gasteiger partial charge in [-0.15, -0.1) is 0 Å². The van der Waals surface area contributed by atoms with Gasteiger partial charge in [0.05, 0.1) is 11.8 Å². The zero-order valence-electron chi connectivity index (χ0n) is 21.9. The number of hydrogen-bond acceptors (Lipinski definition) is 1. The molecule has 2 aliphatic carbocycles. The van der Waals surface area contributed by atoms with Crippen molar-refractivity contribution in [2.24, 2.45) is 0 Å². The number of ketones is 1. The first kappa shape index (κ1) is 21.8. The number of hydrogen-bond donors (Lipinski definition) is 0. The lowest BCUT2D eigenvalue weighted by Crippen LogP contribution is -2.32. The van der Waals surface area contributed by atoms with Crippen LogP contribution in [0.4, 0.5) is 0 Å². The molecule has 0 aliphatic heterocycles. The molecule has 0 spiro atoms. The molecule has 0 aromatic heterocycles. The first-order valence-corrected chi connectivity index (χ1v) is 13.6. The summed E-state index contributed by atoms with van der Waals surface area (Å²) in [5.41, 5.74) is 11.2. The Morgan fingerprint density at radius 3 is 1.97 bits per heavy atom. The lowest BCUT2D eigenvalue weighted by Gasteiger charge is -2.38. The van der Waals surface area contributed by atoms with Gasteiger partial charge in [-0.25, -0.2) is 0 Å². The van der Waals surface area contributed by atoms with Crippen LogP contribution in [0.15, 0.2) is 91.0 Å². The minimum absolute atomic E-state index is 0.244. The largest absolute Gasteiger partial charge is 0.298 e. The number of fused-ring (bicyclic) bond motifs is 4.